The van der Waals surface area contributed by atoms with E-state index in [1.807, 2.05) is 4.90 Å². The molecule has 3 amide bonds. The highest BCUT2D eigenvalue weighted by Gasteiger charge is 2.43. The second-order valence-corrected chi connectivity index (χ2v) is 4.43. The highest BCUT2D eigenvalue weighted by atomic mass is 16.5. The van der Waals surface area contributed by atoms with Crippen LogP contribution in [0.4, 0.5) is 4.79 Å². The largest absolute Gasteiger partial charge is 0.465 e. The first-order valence-corrected chi connectivity index (χ1v) is 6.06. The Morgan fingerprint density at radius 2 is 2.22 bits per heavy atom. The summed E-state index contributed by atoms with van der Waals surface area (Å²) in [5, 5.41) is 2.28. The maximum atomic E-state index is 11.6. The van der Waals surface area contributed by atoms with Crippen LogP contribution < -0.4 is 5.32 Å². The van der Waals surface area contributed by atoms with E-state index < -0.39 is 12.1 Å². The van der Waals surface area contributed by atoms with Crippen molar-refractivity contribution in [2.45, 2.75) is 25.9 Å². The lowest BCUT2D eigenvalue weighted by atomic mass is 10.1. The molecule has 18 heavy (non-hydrogen) atoms. The summed E-state index contributed by atoms with van der Waals surface area (Å²) in [5.74, 6) is -0.587. The Morgan fingerprint density at radius 3 is 2.89 bits per heavy atom. The van der Waals surface area contributed by atoms with Crippen molar-refractivity contribution in [1.82, 2.24) is 15.1 Å². The molecule has 0 aliphatic carbocycles. The van der Waals surface area contributed by atoms with Crippen molar-refractivity contribution in [2.75, 3.05) is 26.2 Å². The van der Waals surface area contributed by atoms with Gasteiger partial charge in [0.25, 0.3) is 5.91 Å². The van der Waals surface area contributed by atoms with Crippen LogP contribution in [0.15, 0.2) is 0 Å². The zero-order chi connectivity index (χ0) is 13.3. The van der Waals surface area contributed by atoms with Gasteiger partial charge in [-0.05, 0) is 13.8 Å². The molecule has 7 nitrogen and oxygen atoms in total. The molecule has 2 aliphatic rings. The van der Waals surface area contributed by atoms with E-state index in [4.69, 9.17) is 4.74 Å². The number of ether oxygens (including phenoxy) is 1. The molecule has 2 saturated heterocycles. The maximum Gasteiger partial charge on any atom is 0.324 e. The van der Waals surface area contributed by atoms with Gasteiger partial charge in [0.15, 0.2) is 0 Å². The number of piperazine rings is 1. The number of fused-ring (bicyclic) bond motifs is 1. The Morgan fingerprint density at radius 1 is 1.50 bits per heavy atom. The van der Waals surface area contributed by atoms with E-state index in [0.29, 0.717) is 26.2 Å². The molecule has 2 fully saturated rings. The molecule has 0 spiro atoms. The normalized spacial score (nSPS) is 25.7. The Balaban J connectivity index is 2.00. The average molecular weight is 255 g/mol. The van der Waals surface area contributed by atoms with Crippen molar-refractivity contribution in [3.63, 3.8) is 0 Å². The molecular weight excluding hydrogens is 238 g/mol. The third kappa shape index (κ3) is 2.17. The first kappa shape index (κ1) is 12.8. The summed E-state index contributed by atoms with van der Waals surface area (Å²) < 4.78 is 4.95. The molecule has 0 aromatic carbocycles. The van der Waals surface area contributed by atoms with Gasteiger partial charge in [0, 0.05) is 19.6 Å². The number of hydrogen-bond donors (Lipinski definition) is 1. The van der Waals surface area contributed by atoms with Gasteiger partial charge in [-0.2, -0.15) is 0 Å². The van der Waals surface area contributed by atoms with Crippen molar-refractivity contribution in [3.05, 3.63) is 0 Å². The quantitative estimate of drug-likeness (QED) is 0.526. The summed E-state index contributed by atoms with van der Waals surface area (Å²) in [7, 11) is 0. The molecule has 7 heteroatoms. The topological polar surface area (TPSA) is 79.0 Å². The van der Waals surface area contributed by atoms with Gasteiger partial charge in [-0.1, -0.05) is 0 Å². The van der Waals surface area contributed by atoms with Gasteiger partial charge >= 0.3 is 12.0 Å². The minimum Gasteiger partial charge on any atom is -0.465 e. The molecule has 0 aromatic rings. The summed E-state index contributed by atoms with van der Waals surface area (Å²) in [6, 6.07) is -1.22. The van der Waals surface area contributed by atoms with Crippen LogP contribution in [0.2, 0.25) is 0 Å². The van der Waals surface area contributed by atoms with Crippen LogP contribution in [0.25, 0.3) is 0 Å². The van der Waals surface area contributed by atoms with E-state index in [1.165, 1.54) is 4.90 Å². The van der Waals surface area contributed by atoms with Crippen molar-refractivity contribution in [2.24, 2.45) is 0 Å². The number of urea groups is 1. The fraction of sp³-hybridized carbons (Fsp3) is 0.727. The van der Waals surface area contributed by atoms with Gasteiger partial charge in [0.1, 0.15) is 12.1 Å². The van der Waals surface area contributed by atoms with Gasteiger partial charge in [0.2, 0.25) is 0 Å². The number of amides is 3. The van der Waals surface area contributed by atoms with Crippen molar-refractivity contribution in [3.8, 4) is 0 Å². The van der Waals surface area contributed by atoms with E-state index in [-0.39, 0.29) is 17.9 Å². The number of carbonyl (C=O) groups excluding carboxylic acids is 3. The number of esters is 1. The van der Waals surface area contributed by atoms with Crippen LogP contribution in [0.5, 0.6) is 0 Å². The van der Waals surface area contributed by atoms with Crippen LogP contribution in [-0.2, 0) is 14.3 Å². The summed E-state index contributed by atoms with van der Waals surface area (Å²) in [6.45, 7) is 5.24. The standard InChI is InChI=1S/C11H17N3O4/c1-3-18-10(16)7(2)13-4-5-14-8(6-13)9(15)12-11(14)17/h7-8H,3-6H2,1-2H3,(H,12,15,17)/t7-,8+/m0/s1. The summed E-state index contributed by atoms with van der Waals surface area (Å²) in [6.07, 6.45) is 0. The summed E-state index contributed by atoms with van der Waals surface area (Å²) in [5.41, 5.74) is 0. The molecule has 100 valence electrons. The average Bonchev–Trinajstić information content (AvgIpc) is 2.64. The number of imide groups is 1. The van der Waals surface area contributed by atoms with Gasteiger partial charge in [0.05, 0.1) is 6.61 Å². The third-order valence-electron chi connectivity index (χ3n) is 3.38. The molecular formula is C11H17N3O4. The molecule has 0 radical (unpaired) electrons. The van der Waals surface area contributed by atoms with E-state index in [9.17, 15) is 14.4 Å². The van der Waals surface area contributed by atoms with Crippen LogP contribution in [0.3, 0.4) is 0 Å². The van der Waals surface area contributed by atoms with Gasteiger partial charge in [-0.3, -0.25) is 19.8 Å². The molecule has 0 unspecified atom stereocenters. The van der Waals surface area contributed by atoms with E-state index in [0.717, 1.165) is 0 Å². The minimum atomic E-state index is -0.483. The smallest absolute Gasteiger partial charge is 0.324 e. The lowest BCUT2D eigenvalue weighted by molar-refractivity contribution is -0.150. The van der Waals surface area contributed by atoms with Crippen LogP contribution >= 0.6 is 0 Å². The molecule has 1 N–H and O–H groups in total. The first-order chi connectivity index (χ1) is 8.54. The van der Waals surface area contributed by atoms with E-state index in [2.05, 4.69) is 5.32 Å². The van der Waals surface area contributed by atoms with Crippen molar-refractivity contribution < 1.29 is 19.1 Å². The fourth-order valence-electron chi connectivity index (χ4n) is 2.30. The monoisotopic (exact) mass is 255 g/mol. The second-order valence-electron chi connectivity index (χ2n) is 4.43. The molecule has 0 aromatic heterocycles. The number of hydrogen-bond acceptors (Lipinski definition) is 5. The maximum absolute atomic E-state index is 11.6. The predicted octanol–water partition coefficient (Wildman–Crippen LogP) is -0.826. The number of nitrogens with zero attached hydrogens (tertiary/aromatic N) is 2. The molecule has 2 heterocycles. The SMILES string of the molecule is CCOC(=O)[C@H](C)N1CCN2C(=O)NC(=O)[C@H]2C1. The van der Waals surface area contributed by atoms with Crippen molar-refractivity contribution in [1.29, 1.82) is 0 Å². The molecule has 2 atom stereocenters. The van der Waals surface area contributed by atoms with Crippen molar-refractivity contribution >= 4 is 17.9 Å². The Kier molecular flexibility index (Phi) is 3.51. The molecule has 0 saturated carbocycles. The number of nitrogens with one attached hydrogen (secondary N) is 1. The van der Waals surface area contributed by atoms with Crippen LogP contribution in [0, 0.1) is 0 Å². The van der Waals surface area contributed by atoms with Gasteiger partial charge < -0.3 is 9.64 Å². The molecule has 2 rings (SSSR count). The zero-order valence-corrected chi connectivity index (χ0v) is 10.5. The van der Waals surface area contributed by atoms with E-state index >= 15 is 0 Å². The van der Waals surface area contributed by atoms with Crippen LogP contribution in [0.1, 0.15) is 13.8 Å². The Bertz CT molecular complexity index is 384. The van der Waals surface area contributed by atoms with Gasteiger partial charge in [-0.25, -0.2) is 4.79 Å². The molecule has 0 bridgehead atoms. The Labute approximate surface area is 105 Å². The number of rotatable bonds is 3. The highest BCUT2D eigenvalue weighted by molar-refractivity contribution is 6.04. The first-order valence-electron chi connectivity index (χ1n) is 6.06. The minimum absolute atomic E-state index is 0.291. The molecule has 2 aliphatic heterocycles. The van der Waals surface area contributed by atoms with Crippen LogP contribution in [-0.4, -0.2) is 66.0 Å². The zero-order valence-electron chi connectivity index (χ0n) is 10.5. The van der Waals surface area contributed by atoms with E-state index in [1.54, 1.807) is 13.8 Å². The lowest BCUT2D eigenvalue weighted by Gasteiger charge is -2.37. The number of carbonyl (C=O) groups is 3. The predicted molar refractivity (Wildman–Crippen MR) is 61.7 cm³/mol. The second kappa shape index (κ2) is 4.93. The summed E-state index contributed by atoms with van der Waals surface area (Å²) >= 11 is 0. The Hall–Kier alpha value is -1.63. The highest BCUT2D eigenvalue weighted by Crippen LogP contribution is 2.17. The van der Waals surface area contributed by atoms with Gasteiger partial charge in [-0.15, -0.1) is 0 Å². The third-order valence-corrected chi connectivity index (χ3v) is 3.38. The fourth-order valence-corrected chi connectivity index (χ4v) is 2.30. The summed E-state index contributed by atoms with van der Waals surface area (Å²) in [4.78, 5) is 38.0. The lowest BCUT2D eigenvalue weighted by Crippen LogP contribution is -2.56.